The minimum absolute atomic E-state index is 0.0273. The molecule has 2 aromatic carbocycles. The molecule has 0 aliphatic carbocycles. The SMILES string of the molecule is COCCOC(=O)c1c2nc3ccccc3nc2n2c1[nH]c(=O)c1ccc(C(=O)OC)cc12. The van der Waals surface area contributed by atoms with Crippen LogP contribution in [0.2, 0.25) is 0 Å². The molecule has 166 valence electrons. The zero-order valence-electron chi connectivity index (χ0n) is 17.7. The van der Waals surface area contributed by atoms with E-state index in [1.807, 2.05) is 12.1 Å². The van der Waals surface area contributed by atoms with E-state index >= 15 is 0 Å². The quantitative estimate of drug-likeness (QED) is 0.322. The number of fused-ring (bicyclic) bond motifs is 6. The number of ether oxygens (including phenoxy) is 3. The van der Waals surface area contributed by atoms with Crippen LogP contribution >= 0.6 is 0 Å². The van der Waals surface area contributed by atoms with Crippen LogP contribution in [0.25, 0.3) is 38.7 Å². The van der Waals surface area contributed by atoms with E-state index in [2.05, 4.69) is 9.97 Å². The maximum Gasteiger partial charge on any atom is 0.344 e. The topological polar surface area (TPSA) is 125 Å². The summed E-state index contributed by atoms with van der Waals surface area (Å²) in [6, 6.07) is 11.8. The average Bonchev–Trinajstić information content (AvgIpc) is 3.14. The first-order chi connectivity index (χ1) is 16.0. The van der Waals surface area contributed by atoms with Gasteiger partial charge in [0.25, 0.3) is 5.56 Å². The molecule has 0 atom stereocenters. The molecule has 0 saturated heterocycles. The van der Waals surface area contributed by atoms with Gasteiger partial charge in [0.1, 0.15) is 23.3 Å². The molecular weight excluding hydrogens is 428 g/mol. The minimum atomic E-state index is -0.678. The van der Waals surface area contributed by atoms with Gasteiger partial charge in [-0.15, -0.1) is 0 Å². The molecule has 3 aromatic heterocycles. The van der Waals surface area contributed by atoms with Gasteiger partial charge in [0, 0.05) is 7.11 Å². The van der Waals surface area contributed by atoms with Crippen molar-refractivity contribution < 1.29 is 23.8 Å². The van der Waals surface area contributed by atoms with Gasteiger partial charge in [0.2, 0.25) is 0 Å². The van der Waals surface area contributed by atoms with Crippen molar-refractivity contribution in [2.75, 3.05) is 27.4 Å². The molecule has 10 heteroatoms. The molecule has 0 spiro atoms. The lowest BCUT2D eigenvalue weighted by Gasteiger charge is -2.07. The number of benzene rings is 2. The summed E-state index contributed by atoms with van der Waals surface area (Å²) in [7, 11) is 2.77. The second-order valence-electron chi connectivity index (χ2n) is 7.25. The lowest BCUT2D eigenvalue weighted by atomic mass is 10.1. The number of hydrogen-bond acceptors (Lipinski definition) is 8. The highest BCUT2D eigenvalue weighted by Gasteiger charge is 2.25. The van der Waals surface area contributed by atoms with E-state index in [-0.39, 0.29) is 35.5 Å². The highest BCUT2D eigenvalue weighted by Crippen LogP contribution is 2.28. The number of nitrogens with zero attached hydrogens (tertiary/aromatic N) is 3. The number of carbonyl (C=O) groups excluding carboxylic acids is 2. The predicted molar refractivity (Wildman–Crippen MR) is 120 cm³/mol. The fourth-order valence-electron chi connectivity index (χ4n) is 3.81. The zero-order chi connectivity index (χ0) is 23.1. The van der Waals surface area contributed by atoms with Gasteiger partial charge in [-0.3, -0.25) is 9.20 Å². The van der Waals surface area contributed by atoms with E-state index < -0.39 is 17.5 Å². The van der Waals surface area contributed by atoms with Gasteiger partial charge >= 0.3 is 11.9 Å². The van der Waals surface area contributed by atoms with Gasteiger partial charge in [-0.05, 0) is 30.3 Å². The highest BCUT2D eigenvalue weighted by atomic mass is 16.6. The number of esters is 2. The average molecular weight is 446 g/mol. The van der Waals surface area contributed by atoms with Crippen LogP contribution in [0.3, 0.4) is 0 Å². The smallest absolute Gasteiger partial charge is 0.344 e. The number of aromatic amines is 1. The highest BCUT2D eigenvalue weighted by molar-refractivity contribution is 6.11. The van der Waals surface area contributed by atoms with Crippen LogP contribution in [0.4, 0.5) is 0 Å². The number of hydrogen-bond donors (Lipinski definition) is 1. The van der Waals surface area contributed by atoms with Crippen molar-refractivity contribution in [3.05, 3.63) is 63.9 Å². The maximum atomic E-state index is 13.1. The predicted octanol–water partition coefficient (Wildman–Crippen LogP) is 2.47. The Morgan fingerprint density at radius 2 is 1.76 bits per heavy atom. The van der Waals surface area contributed by atoms with Crippen molar-refractivity contribution in [2.45, 2.75) is 0 Å². The largest absolute Gasteiger partial charge is 0.465 e. The summed E-state index contributed by atoms with van der Waals surface area (Å²) in [6.07, 6.45) is 0. The molecule has 0 aliphatic rings. The number of H-pyrrole nitrogens is 1. The number of rotatable bonds is 5. The Hall–Kier alpha value is -4.31. The molecule has 0 radical (unpaired) electrons. The third-order valence-electron chi connectivity index (χ3n) is 5.32. The van der Waals surface area contributed by atoms with Gasteiger partial charge in [-0.1, -0.05) is 12.1 Å². The molecule has 0 amide bonds. The number of aromatic nitrogens is 4. The molecule has 0 aliphatic heterocycles. The first kappa shape index (κ1) is 20.6. The third-order valence-corrected chi connectivity index (χ3v) is 5.32. The second-order valence-corrected chi connectivity index (χ2v) is 7.25. The standard InChI is InChI=1S/C23H18N4O6/c1-31-9-10-33-23(30)17-18-20(25-15-6-4-3-5-14(15)24-18)27-16-11-12(22(29)32-2)7-8-13(16)21(28)26-19(17)27/h3-8,11H,9-10H2,1-2H3,(H,26,28). The van der Waals surface area contributed by atoms with E-state index in [0.29, 0.717) is 27.6 Å². The van der Waals surface area contributed by atoms with E-state index in [0.717, 1.165) is 0 Å². The number of carbonyl (C=O) groups is 2. The fourth-order valence-corrected chi connectivity index (χ4v) is 3.81. The summed E-state index contributed by atoms with van der Waals surface area (Å²) in [5, 5.41) is 0.307. The van der Waals surface area contributed by atoms with Crippen LogP contribution in [-0.2, 0) is 14.2 Å². The van der Waals surface area contributed by atoms with Gasteiger partial charge in [-0.25, -0.2) is 19.6 Å². The Morgan fingerprint density at radius 3 is 2.48 bits per heavy atom. The van der Waals surface area contributed by atoms with Crippen molar-refractivity contribution >= 4 is 50.7 Å². The second kappa shape index (κ2) is 7.99. The summed E-state index contributed by atoms with van der Waals surface area (Å²) >= 11 is 0. The molecular formula is C23H18N4O6. The van der Waals surface area contributed by atoms with Crippen LogP contribution in [-0.4, -0.2) is 58.7 Å². The maximum absolute atomic E-state index is 13.1. The van der Waals surface area contributed by atoms with E-state index in [9.17, 15) is 14.4 Å². The number of nitrogens with one attached hydrogen (secondary N) is 1. The van der Waals surface area contributed by atoms with E-state index in [1.54, 1.807) is 16.5 Å². The van der Waals surface area contributed by atoms with Crippen molar-refractivity contribution in [1.29, 1.82) is 0 Å². The number of methoxy groups -OCH3 is 2. The molecule has 5 aromatic rings. The van der Waals surface area contributed by atoms with Gasteiger partial charge < -0.3 is 19.2 Å². The fraction of sp³-hybridized carbons (Fsp3) is 0.174. The van der Waals surface area contributed by atoms with Gasteiger partial charge in [-0.2, -0.15) is 0 Å². The Kier molecular flexibility index (Phi) is 4.98. The normalized spacial score (nSPS) is 11.5. The van der Waals surface area contributed by atoms with Crippen LogP contribution in [0.1, 0.15) is 20.7 Å². The molecule has 0 unspecified atom stereocenters. The monoisotopic (exact) mass is 446 g/mol. The molecule has 3 heterocycles. The first-order valence-corrected chi connectivity index (χ1v) is 10.0. The lowest BCUT2D eigenvalue weighted by Crippen LogP contribution is -2.14. The van der Waals surface area contributed by atoms with Crippen LogP contribution in [0, 0.1) is 0 Å². The molecule has 0 bridgehead atoms. The van der Waals surface area contributed by atoms with Gasteiger partial charge in [0.15, 0.2) is 5.65 Å². The van der Waals surface area contributed by atoms with Gasteiger partial charge in [0.05, 0.1) is 41.2 Å². The lowest BCUT2D eigenvalue weighted by molar-refractivity contribution is 0.0391. The van der Waals surface area contributed by atoms with Crippen LogP contribution < -0.4 is 5.56 Å². The molecule has 5 rings (SSSR count). The Labute approximate surface area is 185 Å². The molecule has 33 heavy (non-hydrogen) atoms. The van der Waals surface area contributed by atoms with Crippen molar-refractivity contribution in [2.24, 2.45) is 0 Å². The molecule has 1 N–H and O–H groups in total. The minimum Gasteiger partial charge on any atom is -0.465 e. The summed E-state index contributed by atoms with van der Waals surface area (Å²) < 4.78 is 16.7. The van der Waals surface area contributed by atoms with E-state index in [1.165, 1.54) is 32.4 Å². The Balaban J connectivity index is 1.93. The third kappa shape index (κ3) is 3.28. The summed E-state index contributed by atoms with van der Waals surface area (Å²) in [5.74, 6) is -1.24. The molecule has 10 nitrogen and oxygen atoms in total. The summed E-state index contributed by atoms with van der Waals surface area (Å²) in [4.78, 5) is 50.2. The number of para-hydroxylation sites is 2. The Morgan fingerprint density at radius 1 is 1.00 bits per heavy atom. The Bertz CT molecular complexity index is 1640. The summed E-state index contributed by atoms with van der Waals surface area (Å²) in [6.45, 7) is 0.242. The van der Waals surface area contributed by atoms with Crippen molar-refractivity contribution in [3.63, 3.8) is 0 Å². The van der Waals surface area contributed by atoms with Crippen LogP contribution in [0.5, 0.6) is 0 Å². The van der Waals surface area contributed by atoms with Crippen LogP contribution in [0.15, 0.2) is 47.3 Å². The molecule has 0 fully saturated rings. The summed E-state index contributed by atoms with van der Waals surface area (Å²) in [5.41, 5.74) is 2.21. The zero-order valence-corrected chi connectivity index (χ0v) is 17.7. The first-order valence-electron chi connectivity index (χ1n) is 10.0. The molecule has 0 saturated carbocycles. The van der Waals surface area contributed by atoms with Crippen molar-refractivity contribution in [1.82, 2.24) is 19.4 Å². The van der Waals surface area contributed by atoms with E-state index in [4.69, 9.17) is 19.2 Å². The van der Waals surface area contributed by atoms with Crippen molar-refractivity contribution in [3.8, 4) is 0 Å².